The van der Waals surface area contributed by atoms with E-state index in [2.05, 4.69) is 15.3 Å². The fourth-order valence-electron chi connectivity index (χ4n) is 3.07. The van der Waals surface area contributed by atoms with Crippen molar-refractivity contribution in [2.75, 3.05) is 5.32 Å². The Hall–Kier alpha value is -2.74. The molecular formula is C19H14F3N3OS. The molecule has 0 saturated heterocycles. The molecule has 1 N–H and O–H groups in total. The zero-order valence-electron chi connectivity index (χ0n) is 13.9. The van der Waals surface area contributed by atoms with E-state index < -0.39 is 23.6 Å². The first-order valence-corrected chi connectivity index (χ1v) is 9.15. The first kappa shape index (κ1) is 17.7. The molecule has 0 aliphatic heterocycles. The first-order chi connectivity index (χ1) is 12.9. The van der Waals surface area contributed by atoms with Gasteiger partial charge in [-0.1, -0.05) is 24.3 Å². The van der Waals surface area contributed by atoms with Gasteiger partial charge in [0.15, 0.2) is 5.13 Å². The predicted octanol–water partition coefficient (Wildman–Crippen LogP) is 4.97. The van der Waals surface area contributed by atoms with Crippen molar-refractivity contribution >= 4 is 22.4 Å². The maximum atomic E-state index is 13.2. The molecule has 4 rings (SSSR count). The Morgan fingerprint density at radius 3 is 2.63 bits per heavy atom. The van der Waals surface area contributed by atoms with Crippen LogP contribution in [0.3, 0.4) is 0 Å². The molecule has 2 aromatic heterocycles. The van der Waals surface area contributed by atoms with E-state index in [-0.39, 0.29) is 11.5 Å². The van der Waals surface area contributed by atoms with Crippen LogP contribution in [-0.4, -0.2) is 15.9 Å². The van der Waals surface area contributed by atoms with Crippen LogP contribution in [0, 0.1) is 5.92 Å². The van der Waals surface area contributed by atoms with Crippen molar-refractivity contribution < 1.29 is 18.0 Å². The molecule has 0 radical (unpaired) electrons. The lowest BCUT2D eigenvalue weighted by Crippen LogP contribution is -2.15. The molecule has 27 heavy (non-hydrogen) atoms. The van der Waals surface area contributed by atoms with Crippen molar-refractivity contribution in [3.63, 3.8) is 0 Å². The SMILES string of the molecule is O=C(Nc1nc(-c2ccccn2)cs1)C1CC1c1ccccc1C(F)(F)F. The second kappa shape index (κ2) is 6.77. The van der Waals surface area contributed by atoms with Gasteiger partial charge in [0.1, 0.15) is 5.69 Å². The van der Waals surface area contributed by atoms with Crippen LogP contribution in [0.1, 0.15) is 23.5 Å². The fourth-order valence-corrected chi connectivity index (χ4v) is 3.78. The van der Waals surface area contributed by atoms with Crippen LogP contribution in [0.25, 0.3) is 11.4 Å². The minimum absolute atomic E-state index is 0.179. The molecule has 3 aromatic rings. The van der Waals surface area contributed by atoms with Gasteiger partial charge in [0.05, 0.1) is 11.3 Å². The molecule has 1 fully saturated rings. The van der Waals surface area contributed by atoms with Gasteiger partial charge in [-0.2, -0.15) is 13.2 Å². The van der Waals surface area contributed by atoms with Crippen molar-refractivity contribution in [2.24, 2.45) is 5.92 Å². The van der Waals surface area contributed by atoms with Crippen LogP contribution in [0.2, 0.25) is 0 Å². The van der Waals surface area contributed by atoms with E-state index in [9.17, 15) is 18.0 Å². The van der Waals surface area contributed by atoms with Crippen LogP contribution < -0.4 is 5.32 Å². The lowest BCUT2D eigenvalue weighted by Gasteiger charge is -2.12. The molecule has 1 aliphatic rings. The lowest BCUT2D eigenvalue weighted by molar-refractivity contribution is -0.138. The van der Waals surface area contributed by atoms with Crippen molar-refractivity contribution in [3.05, 3.63) is 65.2 Å². The van der Waals surface area contributed by atoms with Gasteiger partial charge in [0, 0.05) is 17.5 Å². The summed E-state index contributed by atoms with van der Waals surface area (Å²) >= 11 is 1.26. The van der Waals surface area contributed by atoms with Gasteiger partial charge in [-0.25, -0.2) is 4.98 Å². The molecule has 0 bridgehead atoms. The number of amides is 1. The van der Waals surface area contributed by atoms with Crippen LogP contribution in [0.15, 0.2) is 54.0 Å². The Bertz CT molecular complexity index is 972. The maximum absolute atomic E-state index is 13.2. The highest BCUT2D eigenvalue weighted by molar-refractivity contribution is 7.14. The number of alkyl halides is 3. The predicted molar refractivity (Wildman–Crippen MR) is 96.3 cm³/mol. The second-order valence-corrected chi connectivity index (χ2v) is 7.13. The molecule has 2 heterocycles. The summed E-state index contributed by atoms with van der Waals surface area (Å²) in [7, 11) is 0. The highest BCUT2D eigenvalue weighted by Gasteiger charge is 2.48. The molecule has 1 saturated carbocycles. The average Bonchev–Trinajstić information content (AvgIpc) is 3.33. The van der Waals surface area contributed by atoms with Crippen LogP contribution in [-0.2, 0) is 11.0 Å². The number of aromatic nitrogens is 2. The van der Waals surface area contributed by atoms with Crippen molar-refractivity contribution in [1.82, 2.24) is 9.97 Å². The van der Waals surface area contributed by atoms with Crippen LogP contribution in [0.5, 0.6) is 0 Å². The summed E-state index contributed by atoms with van der Waals surface area (Å²) in [5.74, 6) is -1.20. The number of carbonyl (C=O) groups is 1. The number of rotatable bonds is 4. The molecule has 8 heteroatoms. The first-order valence-electron chi connectivity index (χ1n) is 8.27. The van der Waals surface area contributed by atoms with Gasteiger partial charge < -0.3 is 5.32 Å². The summed E-state index contributed by atoms with van der Waals surface area (Å²) in [4.78, 5) is 21.0. The van der Waals surface area contributed by atoms with Gasteiger partial charge in [-0.05, 0) is 36.1 Å². The standard InChI is InChI=1S/C19H14F3N3OS/c20-19(21,22)14-6-2-1-5-11(14)12-9-13(12)17(26)25-18-24-16(10-27-18)15-7-3-4-8-23-15/h1-8,10,12-13H,9H2,(H,24,25,26). The third kappa shape index (κ3) is 3.71. The largest absolute Gasteiger partial charge is 0.416 e. The number of nitrogens with one attached hydrogen (secondary N) is 1. The number of benzene rings is 1. The summed E-state index contributed by atoms with van der Waals surface area (Å²) in [6, 6.07) is 10.9. The highest BCUT2D eigenvalue weighted by Crippen LogP contribution is 2.51. The van der Waals surface area contributed by atoms with E-state index >= 15 is 0 Å². The van der Waals surface area contributed by atoms with Gasteiger partial charge in [-0.3, -0.25) is 9.78 Å². The number of halogens is 3. The van der Waals surface area contributed by atoms with E-state index in [0.717, 1.165) is 6.07 Å². The van der Waals surface area contributed by atoms with E-state index in [1.54, 1.807) is 23.7 Å². The third-order valence-electron chi connectivity index (χ3n) is 4.45. The Kier molecular flexibility index (Phi) is 4.43. The highest BCUT2D eigenvalue weighted by atomic mass is 32.1. The van der Waals surface area contributed by atoms with Gasteiger partial charge in [0.2, 0.25) is 5.91 Å². The number of anilines is 1. The van der Waals surface area contributed by atoms with Crippen molar-refractivity contribution in [1.29, 1.82) is 0 Å². The van der Waals surface area contributed by atoms with E-state index in [1.165, 1.54) is 23.5 Å². The third-order valence-corrected chi connectivity index (χ3v) is 5.21. The minimum Gasteiger partial charge on any atom is -0.302 e. The number of pyridine rings is 1. The normalized spacial score (nSPS) is 18.9. The summed E-state index contributed by atoms with van der Waals surface area (Å²) in [5.41, 5.74) is 0.846. The van der Waals surface area contributed by atoms with Gasteiger partial charge >= 0.3 is 6.18 Å². The number of nitrogens with zero attached hydrogens (tertiary/aromatic N) is 2. The Labute approximate surface area is 157 Å². The molecule has 4 nitrogen and oxygen atoms in total. The van der Waals surface area contributed by atoms with Crippen molar-refractivity contribution in [3.8, 4) is 11.4 Å². The monoisotopic (exact) mass is 389 g/mol. The summed E-state index contributed by atoms with van der Waals surface area (Å²) in [6.07, 6.45) is -2.37. The average molecular weight is 389 g/mol. The van der Waals surface area contributed by atoms with Gasteiger partial charge in [-0.15, -0.1) is 11.3 Å². The van der Waals surface area contributed by atoms with E-state index in [1.807, 2.05) is 12.1 Å². The summed E-state index contributed by atoms with van der Waals surface area (Å²) in [6.45, 7) is 0. The Balaban J connectivity index is 1.45. The maximum Gasteiger partial charge on any atom is 0.416 e. The van der Waals surface area contributed by atoms with E-state index in [0.29, 0.717) is 22.9 Å². The fraction of sp³-hybridized carbons (Fsp3) is 0.211. The summed E-state index contributed by atoms with van der Waals surface area (Å²) < 4.78 is 39.5. The van der Waals surface area contributed by atoms with Crippen LogP contribution in [0.4, 0.5) is 18.3 Å². The molecule has 2 unspecified atom stereocenters. The van der Waals surface area contributed by atoms with Crippen LogP contribution >= 0.6 is 11.3 Å². The number of thiazole rings is 1. The quantitative estimate of drug-likeness (QED) is 0.686. The molecule has 1 aromatic carbocycles. The molecular weight excluding hydrogens is 375 g/mol. The Morgan fingerprint density at radius 2 is 1.89 bits per heavy atom. The lowest BCUT2D eigenvalue weighted by atomic mass is 10.0. The second-order valence-electron chi connectivity index (χ2n) is 6.28. The zero-order chi connectivity index (χ0) is 19.0. The number of hydrogen-bond donors (Lipinski definition) is 1. The summed E-state index contributed by atoms with van der Waals surface area (Å²) in [5, 5.41) is 4.90. The Morgan fingerprint density at radius 1 is 1.11 bits per heavy atom. The molecule has 1 amide bonds. The molecule has 0 spiro atoms. The smallest absolute Gasteiger partial charge is 0.302 e. The number of hydrogen-bond acceptors (Lipinski definition) is 4. The topological polar surface area (TPSA) is 54.9 Å². The zero-order valence-corrected chi connectivity index (χ0v) is 14.7. The van der Waals surface area contributed by atoms with Crippen molar-refractivity contribution in [2.45, 2.75) is 18.5 Å². The van der Waals surface area contributed by atoms with Gasteiger partial charge in [0.25, 0.3) is 0 Å². The number of carbonyl (C=O) groups excluding carboxylic acids is 1. The molecule has 1 aliphatic carbocycles. The van der Waals surface area contributed by atoms with E-state index in [4.69, 9.17) is 0 Å². The molecule has 138 valence electrons. The molecule has 2 atom stereocenters. The minimum atomic E-state index is -4.42.